The lowest BCUT2D eigenvalue weighted by Gasteiger charge is -2.08. The van der Waals surface area contributed by atoms with Gasteiger partial charge >= 0.3 is 5.69 Å². The lowest BCUT2D eigenvalue weighted by atomic mass is 10.2. The Morgan fingerprint density at radius 1 is 1.21 bits per heavy atom. The fourth-order valence-corrected chi connectivity index (χ4v) is 1.69. The van der Waals surface area contributed by atoms with Crippen LogP contribution in [-0.2, 0) is 6.54 Å². The number of rotatable bonds is 4. The van der Waals surface area contributed by atoms with Gasteiger partial charge in [-0.15, -0.1) is 0 Å². The Morgan fingerprint density at radius 2 is 1.95 bits per heavy atom. The zero-order valence-electron chi connectivity index (χ0n) is 9.84. The molecule has 19 heavy (non-hydrogen) atoms. The van der Waals surface area contributed by atoms with Crippen molar-refractivity contribution in [2.45, 2.75) is 6.54 Å². The number of nitrogens with zero attached hydrogens (tertiary/aromatic N) is 1. The highest BCUT2D eigenvalue weighted by Gasteiger charge is 2.19. The summed E-state index contributed by atoms with van der Waals surface area (Å²) in [5.41, 5.74) is 0.0484. The van der Waals surface area contributed by atoms with Gasteiger partial charge in [0.15, 0.2) is 0 Å². The largest absolute Gasteiger partial charge is 0.508 e. The average molecular weight is 262 g/mol. The summed E-state index contributed by atoms with van der Waals surface area (Å²) in [6.45, 7) is 0.164. The number of anilines is 1. The first-order valence-electron chi connectivity index (χ1n) is 5.53. The van der Waals surface area contributed by atoms with Crippen molar-refractivity contribution in [2.24, 2.45) is 0 Å². The van der Waals surface area contributed by atoms with Crippen LogP contribution in [0.1, 0.15) is 5.56 Å². The van der Waals surface area contributed by atoms with E-state index in [2.05, 4.69) is 5.32 Å². The lowest BCUT2D eigenvalue weighted by Crippen LogP contribution is -2.04. The SMILES string of the molecule is O=[N+]([O-])c1c(F)cccc1NCc1ccccc1O. The fourth-order valence-electron chi connectivity index (χ4n) is 1.69. The number of para-hydroxylation sites is 2. The van der Waals surface area contributed by atoms with Crippen molar-refractivity contribution < 1.29 is 14.4 Å². The summed E-state index contributed by atoms with van der Waals surface area (Å²) in [7, 11) is 0. The molecule has 0 saturated carbocycles. The molecule has 6 heteroatoms. The molecule has 0 amide bonds. The minimum absolute atomic E-state index is 0.0771. The van der Waals surface area contributed by atoms with Crippen LogP contribution in [0, 0.1) is 15.9 Å². The van der Waals surface area contributed by atoms with Crippen molar-refractivity contribution in [3.05, 3.63) is 64.0 Å². The molecule has 2 rings (SSSR count). The van der Waals surface area contributed by atoms with Gasteiger partial charge in [0.05, 0.1) is 4.92 Å². The Labute approximate surface area is 108 Å². The smallest absolute Gasteiger partial charge is 0.327 e. The number of hydrogen-bond donors (Lipinski definition) is 2. The number of halogens is 1. The minimum atomic E-state index is -0.896. The van der Waals surface area contributed by atoms with E-state index in [1.165, 1.54) is 18.2 Å². The van der Waals surface area contributed by atoms with Crippen LogP contribution in [0.25, 0.3) is 0 Å². The molecule has 98 valence electrons. The summed E-state index contributed by atoms with van der Waals surface area (Å²) in [6, 6.07) is 10.4. The molecule has 0 radical (unpaired) electrons. The van der Waals surface area contributed by atoms with E-state index in [1.807, 2.05) is 0 Å². The third-order valence-corrected chi connectivity index (χ3v) is 2.63. The number of nitrogens with one attached hydrogen (secondary N) is 1. The van der Waals surface area contributed by atoms with Gasteiger partial charge < -0.3 is 10.4 Å². The first-order valence-corrected chi connectivity index (χ1v) is 5.53. The zero-order chi connectivity index (χ0) is 13.8. The van der Waals surface area contributed by atoms with Crippen LogP contribution in [0.5, 0.6) is 5.75 Å². The molecule has 2 N–H and O–H groups in total. The van der Waals surface area contributed by atoms with Gasteiger partial charge in [-0.3, -0.25) is 10.1 Å². The molecule has 0 saturated heterocycles. The topological polar surface area (TPSA) is 75.4 Å². The van der Waals surface area contributed by atoms with Gasteiger partial charge in [-0.2, -0.15) is 4.39 Å². The summed E-state index contributed by atoms with van der Waals surface area (Å²) < 4.78 is 13.4. The molecule has 0 atom stereocenters. The van der Waals surface area contributed by atoms with E-state index in [-0.39, 0.29) is 18.0 Å². The monoisotopic (exact) mass is 262 g/mol. The van der Waals surface area contributed by atoms with Crippen LogP contribution in [0.3, 0.4) is 0 Å². The molecule has 2 aromatic carbocycles. The third kappa shape index (κ3) is 2.79. The van der Waals surface area contributed by atoms with Crippen molar-refractivity contribution in [1.29, 1.82) is 0 Å². The molecule has 2 aromatic rings. The van der Waals surface area contributed by atoms with Crippen LogP contribution in [0.15, 0.2) is 42.5 Å². The van der Waals surface area contributed by atoms with Crippen LogP contribution in [0.4, 0.5) is 15.8 Å². The molecule has 5 nitrogen and oxygen atoms in total. The molecule has 0 aromatic heterocycles. The van der Waals surface area contributed by atoms with Crippen LogP contribution in [0.2, 0.25) is 0 Å². The molecular formula is C13H11FN2O3. The van der Waals surface area contributed by atoms with Crippen molar-refractivity contribution >= 4 is 11.4 Å². The molecular weight excluding hydrogens is 251 g/mol. The second kappa shape index (κ2) is 5.34. The Hall–Kier alpha value is -2.63. The molecule has 0 aliphatic carbocycles. The highest BCUT2D eigenvalue weighted by atomic mass is 19.1. The van der Waals surface area contributed by atoms with E-state index in [4.69, 9.17) is 0 Å². The summed E-state index contributed by atoms with van der Waals surface area (Å²) >= 11 is 0. The molecule has 0 aliphatic rings. The molecule has 0 aliphatic heterocycles. The molecule has 0 unspecified atom stereocenters. The molecule has 0 fully saturated rings. The Balaban J connectivity index is 2.23. The van der Waals surface area contributed by atoms with E-state index < -0.39 is 16.4 Å². The van der Waals surface area contributed by atoms with Gasteiger partial charge in [0.1, 0.15) is 11.4 Å². The van der Waals surface area contributed by atoms with Crippen LogP contribution < -0.4 is 5.32 Å². The van der Waals surface area contributed by atoms with Gasteiger partial charge in [-0.25, -0.2) is 0 Å². The normalized spacial score (nSPS) is 10.2. The summed E-state index contributed by atoms with van der Waals surface area (Å²) in [4.78, 5) is 10.0. The minimum Gasteiger partial charge on any atom is -0.508 e. The number of aromatic hydroxyl groups is 1. The predicted molar refractivity (Wildman–Crippen MR) is 68.5 cm³/mol. The number of benzene rings is 2. The van der Waals surface area contributed by atoms with E-state index in [1.54, 1.807) is 18.2 Å². The second-order valence-corrected chi connectivity index (χ2v) is 3.88. The Kier molecular flexibility index (Phi) is 3.61. The Morgan fingerprint density at radius 3 is 2.63 bits per heavy atom. The predicted octanol–water partition coefficient (Wildman–Crippen LogP) is 3.05. The first kappa shape index (κ1) is 12.8. The van der Waals surface area contributed by atoms with Crippen LogP contribution >= 0.6 is 0 Å². The van der Waals surface area contributed by atoms with Gasteiger partial charge in [0, 0.05) is 12.1 Å². The first-order chi connectivity index (χ1) is 9.09. The number of phenols is 1. The van der Waals surface area contributed by atoms with E-state index in [9.17, 15) is 19.6 Å². The quantitative estimate of drug-likeness (QED) is 0.656. The van der Waals surface area contributed by atoms with Crippen LogP contribution in [-0.4, -0.2) is 10.0 Å². The number of nitro groups is 1. The number of nitro benzene ring substituents is 1. The summed E-state index contributed by atoms with van der Waals surface area (Å²) in [5, 5.41) is 23.1. The van der Waals surface area contributed by atoms with Crippen molar-refractivity contribution in [2.75, 3.05) is 5.32 Å². The second-order valence-electron chi connectivity index (χ2n) is 3.88. The third-order valence-electron chi connectivity index (χ3n) is 2.63. The standard InChI is InChI=1S/C13H11FN2O3/c14-10-5-3-6-11(13(10)16(18)19)15-8-9-4-1-2-7-12(9)17/h1-7,15,17H,8H2. The lowest BCUT2D eigenvalue weighted by molar-refractivity contribution is -0.386. The molecule has 0 spiro atoms. The average Bonchev–Trinajstić information content (AvgIpc) is 2.37. The maximum atomic E-state index is 13.4. The van der Waals surface area contributed by atoms with Gasteiger partial charge in [0.25, 0.3) is 0 Å². The molecule has 0 heterocycles. The van der Waals surface area contributed by atoms with E-state index in [0.29, 0.717) is 5.56 Å². The highest BCUT2D eigenvalue weighted by Crippen LogP contribution is 2.28. The Bertz CT molecular complexity index is 617. The number of phenolic OH excluding ortho intramolecular Hbond substituents is 1. The van der Waals surface area contributed by atoms with Crippen molar-refractivity contribution in [1.82, 2.24) is 0 Å². The number of hydrogen-bond acceptors (Lipinski definition) is 4. The zero-order valence-corrected chi connectivity index (χ0v) is 9.84. The van der Waals surface area contributed by atoms with Gasteiger partial charge in [0.2, 0.25) is 5.82 Å². The van der Waals surface area contributed by atoms with Gasteiger partial charge in [-0.1, -0.05) is 24.3 Å². The van der Waals surface area contributed by atoms with E-state index >= 15 is 0 Å². The van der Waals surface area contributed by atoms with Crippen molar-refractivity contribution in [3.8, 4) is 5.75 Å². The van der Waals surface area contributed by atoms with E-state index in [0.717, 1.165) is 6.07 Å². The van der Waals surface area contributed by atoms with Crippen molar-refractivity contribution in [3.63, 3.8) is 0 Å². The fraction of sp³-hybridized carbons (Fsp3) is 0.0769. The highest BCUT2D eigenvalue weighted by molar-refractivity contribution is 5.62. The van der Waals surface area contributed by atoms with Gasteiger partial charge in [-0.05, 0) is 18.2 Å². The summed E-state index contributed by atoms with van der Waals surface area (Å²) in [5.74, 6) is -0.818. The summed E-state index contributed by atoms with van der Waals surface area (Å²) in [6.07, 6.45) is 0. The molecule has 0 bridgehead atoms. The maximum Gasteiger partial charge on any atom is 0.327 e. The maximum absolute atomic E-state index is 13.4.